The highest BCUT2D eigenvalue weighted by Gasteiger charge is 2.02. The Morgan fingerprint density at radius 3 is 2.71 bits per heavy atom. The molecule has 1 aromatic heterocycles. The Kier molecular flexibility index (Phi) is 3.74. The van der Waals surface area contributed by atoms with Gasteiger partial charge in [0.1, 0.15) is 0 Å². The zero-order valence-electron chi connectivity index (χ0n) is 8.79. The van der Waals surface area contributed by atoms with Crippen molar-refractivity contribution >= 4 is 0 Å². The predicted octanol–water partition coefficient (Wildman–Crippen LogP) is 2.13. The average Bonchev–Trinajstić information content (AvgIpc) is 2.13. The van der Waals surface area contributed by atoms with Gasteiger partial charge < -0.3 is 5.21 Å². The predicted molar refractivity (Wildman–Crippen MR) is 55.9 cm³/mol. The smallest absolute Gasteiger partial charge is 0.283 e. The Balaban J connectivity index is 2.80. The van der Waals surface area contributed by atoms with E-state index in [0.29, 0.717) is 5.69 Å². The summed E-state index contributed by atoms with van der Waals surface area (Å²) in [5.41, 5.74) is 1.28. The van der Waals surface area contributed by atoms with Crippen LogP contribution in [-0.4, -0.2) is 9.94 Å². The molecule has 0 aliphatic heterocycles. The highest BCUT2D eigenvalue weighted by atomic mass is 16.5. The van der Waals surface area contributed by atoms with Crippen LogP contribution in [0.15, 0.2) is 16.9 Å². The third-order valence-electron chi connectivity index (χ3n) is 2.26. The lowest BCUT2D eigenvalue weighted by molar-refractivity contribution is 0.164. The van der Waals surface area contributed by atoms with Gasteiger partial charge in [-0.15, -0.1) is 0 Å². The van der Waals surface area contributed by atoms with E-state index < -0.39 is 0 Å². The largest absolute Gasteiger partial charge is 0.425 e. The zero-order valence-corrected chi connectivity index (χ0v) is 8.79. The molecule has 0 amide bonds. The summed E-state index contributed by atoms with van der Waals surface area (Å²) in [7, 11) is 0. The van der Waals surface area contributed by atoms with Gasteiger partial charge in [0.25, 0.3) is 5.56 Å². The summed E-state index contributed by atoms with van der Waals surface area (Å²) >= 11 is 0. The normalized spacial score (nSPS) is 10.4. The van der Waals surface area contributed by atoms with Crippen molar-refractivity contribution in [1.29, 1.82) is 0 Å². The number of aryl methyl sites for hydroxylation is 2. The van der Waals surface area contributed by atoms with E-state index >= 15 is 0 Å². The fourth-order valence-corrected chi connectivity index (χ4v) is 1.50. The summed E-state index contributed by atoms with van der Waals surface area (Å²) in [5, 5.41) is 9.43. The summed E-state index contributed by atoms with van der Waals surface area (Å²) in [6, 6.07) is 3.29. The van der Waals surface area contributed by atoms with E-state index in [0.717, 1.165) is 36.0 Å². The Hall–Kier alpha value is -1.25. The first-order valence-electron chi connectivity index (χ1n) is 5.07. The molecule has 0 saturated carbocycles. The highest BCUT2D eigenvalue weighted by Crippen LogP contribution is 2.05. The van der Waals surface area contributed by atoms with Crippen molar-refractivity contribution in [3.05, 3.63) is 33.7 Å². The number of aromatic nitrogens is 1. The molecular formula is C11H17NO2. The summed E-state index contributed by atoms with van der Waals surface area (Å²) < 4.78 is 0.753. The lowest BCUT2D eigenvalue weighted by Crippen LogP contribution is -2.20. The van der Waals surface area contributed by atoms with Crippen LogP contribution < -0.4 is 5.56 Å². The Bertz CT molecular complexity index is 355. The second-order valence-electron chi connectivity index (χ2n) is 3.63. The number of unbranched alkanes of at least 4 members (excludes halogenated alkanes) is 2. The van der Waals surface area contributed by atoms with E-state index in [2.05, 4.69) is 6.92 Å². The Morgan fingerprint density at radius 1 is 1.36 bits per heavy atom. The lowest BCUT2D eigenvalue weighted by atomic mass is 10.1. The molecule has 0 atom stereocenters. The third kappa shape index (κ3) is 2.62. The molecule has 3 heteroatoms. The van der Waals surface area contributed by atoms with Crippen LogP contribution in [0, 0.1) is 6.92 Å². The number of rotatable bonds is 4. The molecule has 3 nitrogen and oxygen atoms in total. The van der Waals surface area contributed by atoms with Crippen LogP contribution in [0.3, 0.4) is 0 Å². The summed E-state index contributed by atoms with van der Waals surface area (Å²) in [6.07, 6.45) is 4.05. The molecule has 0 bridgehead atoms. The van der Waals surface area contributed by atoms with E-state index in [9.17, 15) is 10.0 Å². The molecule has 1 heterocycles. The molecular weight excluding hydrogens is 178 g/mol. The van der Waals surface area contributed by atoms with Gasteiger partial charge in [-0.25, -0.2) is 0 Å². The first-order valence-corrected chi connectivity index (χ1v) is 5.07. The van der Waals surface area contributed by atoms with Gasteiger partial charge in [-0.1, -0.05) is 19.8 Å². The number of hydrogen-bond acceptors (Lipinski definition) is 2. The van der Waals surface area contributed by atoms with Crippen LogP contribution in [0.4, 0.5) is 0 Å². The standard InChI is InChI=1S/C11H17NO2/c1-3-4-5-6-10-7-9(2)8-11(13)12(10)14/h7-8,14H,3-6H2,1-2H3. The molecule has 14 heavy (non-hydrogen) atoms. The quantitative estimate of drug-likeness (QED) is 0.590. The van der Waals surface area contributed by atoms with Gasteiger partial charge in [0.2, 0.25) is 0 Å². The van der Waals surface area contributed by atoms with Gasteiger partial charge in [-0.3, -0.25) is 4.79 Å². The van der Waals surface area contributed by atoms with Crippen LogP contribution in [0.5, 0.6) is 0 Å². The fourth-order valence-electron chi connectivity index (χ4n) is 1.50. The highest BCUT2D eigenvalue weighted by molar-refractivity contribution is 5.15. The van der Waals surface area contributed by atoms with Gasteiger partial charge in [0.05, 0.1) is 5.69 Å². The minimum Gasteiger partial charge on any atom is -0.425 e. The molecule has 0 fully saturated rings. The van der Waals surface area contributed by atoms with Gasteiger partial charge >= 0.3 is 0 Å². The second kappa shape index (κ2) is 4.84. The van der Waals surface area contributed by atoms with Crippen LogP contribution in [0.25, 0.3) is 0 Å². The first-order chi connectivity index (χ1) is 6.65. The maximum atomic E-state index is 11.2. The lowest BCUT2D eigenvalue weighted by Gasteiger charge is -2.06. The van der Waals surface area contributed by atoms with Crippen LogP contribution in [0.1, 0.15) is 37.4 Å². The third-order valence-corrected chi connectivity index (χ3v) is 2.26. The van der Waals surface area contributed by atoms with Crippen molar-refractivity contribution in [3.63, 3.8) is 0 Å². The molecule has 0 radical (unpaired) electrons. The zero-order chi connectivity index (χ0) is 10.6. The minimum absolute atomic E-state index is 0.337. The monoisotopic (exact) mass is 195 g/mol. The van der Waals surface area contributed by atoms with Crippen LogP contribution >= 0.6 is 0 Å². The number of pyridine rings is 1. The van der Waals surface area contributed by atoms with Gasteiger partial charge in [0.15, 0.2) is 0 Å². The molecule has 1 rings (SSSR count). The molecule has 1 N–H and O–H groups in total. The molecule has 0 aliphatic rings. The number of hydrogen-bond donors (Lipinski definition) is 1. The van der Waals surface area contributed by atoms with Crippen molar-refractivity contribution in [3.8, 4) is 0 Å². The molecule has 0 unspecified atom stereocenters. The van der Waals surface area contributed by atoms with Gasteiger partial charge in [-0.05, 0) is 31.4 Å². The van der Waals surface area contributed by atoms with E-state index in [-0.39, 0.29) is 5.56 Å². The summed E-state index contributed by atoms with van der Waals surface area (Å²) in [4.78, 5) is 11.2. The SMILES string of the molecule is CCCCCc1cc(C)cc(=O)n1O. The fraction of sp³-hybridized carbons (Fsp3) is 0.545. The van der Waals surface area contributed by atoms with E-state index in [4.69, 9.17) is 0 Å². The van der Waals surface area contributed by atoms with Crippen molar-refractivity contribution in [2.75, 3.05) is 0 Å². The van der Waals surface area contributed by atoms with E-state index in [1.807, 2.05) is 13.0 Å². The van der Waals surface area contributed by atoms with Gasteiger partial charge in [0, 0.05) is 6.07 Å². The van der Waals surface area contributed by atoms with Crippen LogP contribution in [-0.2, 0) is 6.42 Å². The molecule has 0 saturated heterocycles. The van der Waals surface area contributed by atoms with Gasteiger partial charge in [-0.2, -0.15) is 4.73 Å². The van der Waals surface area contributed by atoms with E-state index in [1.54, 1.807) is 0 Å². The van der Waals surface area contributed by atoms with Crippen molar-refractivity contribution in [1.82, 2.24) is 4.73 Å². The maximum absolute atomic E-state index is 11.2. The first kappa shape index (κ1) is 10.8. The minimum atomic E-state index is -0.337. The van der Waals surface area contributed by atoms with Crippen molar-refractivity contribution in [2.45, 2.75) is 39.5 Å². The van der Waals surface area contributed by atoms with Crippen molar-refractivity contribution < 1.29 is 5.21 Å². The Morgan fingerprint density at radius 2 is 2.07 bits per heavy atom. The summed E-state index contributed by atoms with van der Waals surface area (Å²) in [6.45, 7) is 3.99. The Labute approximate surface area is 84.0 Å². The average molecular weight is 195 g/mol. The number of nitrogens with zero attached hydrogens (tertiary/aromatic N) is 1. The molecule has 0 spiro atoms. The van der Waals surface area contributed by atoms with Crippen molar-refractivity contribution in [2.24, 2.45) is 0 Å². The molecule has 78 valence electrons. The van der Waals surface area contributed by atoms with Crippen LogP contribution in [0.2, 0.25) is 0 Å². The molecule has 0 aromatic carbocycles. The second-order valence-corrected chi connectivity index (χ2v) is 3.63. The van der Waals surface area contributed by atoms with E-state index in [1.165, 1.54) is 6.07 Å². The topological polar surface area (TPSA) is 42.2 Å². The summed E-state index contributed by atoms with van der Waals surface area (Å²) in [5.74, 6) is 0. The maximum Gasteiger partial charge on any atom is 0.283 e. The molecule has 0 aliphatic carbocycles. The molecule has 1 aromatic rings.